The third-order valence-electron chi connectivity index (χ3n) is 2.81. The van der Waals surface area contributed by atoms with Crippen molar-refractivity contribution in [1.29, 1.82) is 0 Å². The molecule has 5 N–H and O–H groups in total. The lowest BCUT2D eigenvalue weighted by Gasteiger charge is -2.19. The van der Waals surface area contributed by atoms with Gasteiger partial charge in [0, 0.05) is 11.1 Å². The van der Waals surface area contributed by atoms with Gasteiger partial charge < -0.3 is 15.7 Å². The van der Waals surface area contributed by atoms with Crippen LogP contribution >= 0.6 is 0 Å². The minimum absolute atomic E-state index is 0. The molecule has 0 aromatic heterocycles. The van der Waals surface area contributed by atoms with E-state index < -0.39 is 24.0 Å². The molecule has 0 radical (unpaired) electrons. The molecular weight excluding hydrogens is 298 g/mol. The highest BCUT2D eigenvalue weighted by Crippen LogP contribution is 2.04. The normalized spacial score (nSPS) is 12.0. The number of nitrogens with one attached hydrogen (secondary N) is 3. The predicted octanol–water partition coefficient (Wildman–Crippen LogP) is -0.122. The smallest absolute Gasteiger partial charge is 0.268 e. The Hall–Kier alpha value is -2.40. The molecule has 0 saturated carbocycles. The van der Waals surface area contributed by atoms with Crippen molar-refractivity contribution < 1.29 is 19.9 Å². The van der Waals surface area contributed by atoms with Crippen LogP contribution in [0.2, 0.25) is 0 Å². The fourth-order valence-corrected chi connectivity index (χ4v) is 1.64. The van der Waals surface area contributed by atoms with Crippen LogP contribution in [-0.4, -0.2) is 47.9 Å². The molecule has 2 atom stereocenters. The third kappa shape index (κ3) is 6.48. The fourth-order valence-electron chi connectivity index (χ4n) is 1.64. The Morgan fingerprint density at radius 2 is 1.87 bits per heavy atom. The van der Waals surface area contributed by atoms with Crippen molar-refractivity contribution in [2.24, 2.45) is 0 Å². The summed E-state index contributed by atoms with van der Waals surface area (Å²) in [6, 6.07) is 5.25. The second-order valence-electron chi connectivity index (χ2n) is 4.58. The maximum atomic E-state index is 12.0. The minimum Gasteiger partial charge on any atom is -0.391 e. The van der Waals surface area contributed by atoms with Gasteiger partial charge in [-0.05, 0) is 38.2 Å². The van der Waals surface area contributed by atoms with E-state index >= 15 is 0 Å². The van der Waals surface area contributed by atoms with E-state index in [0.717, 1.165) is 5.56 Å². The Morgan fingerprint density at radius 3 is 2.35 bits per heavy atom. The fraction of sp³-hybridized carbons (Fsp3) is 0.375. The highest BCUT2D eigenvalue weighted by atomic mass is 16.5. The first-order valence-corrected chi connectivity index (χ1v) is 6.66. The Kier molecular flexibility index (Phi) is 9.27. The molecular formula is C16H23N3O4. The van der Waals surface area contributed by atoms with Crippen LogP contribution in [-0.2, 0) is 4.79 Å². The van der Waals surface area contributed by atoms with Crippen LogP contribution < -0.4 is 16.1 Å². The first-order chi connectivity index (χ1) is 10.5. The van der Waals surface area contributed by atoms with Crippen LogP contribution in [0.4, 0.5) is 0 Å². The second kappa shape index (κ2) is 10.3. The lowest BCUT2D eigenvalue weighted by Crippen LogP contribution is -2.51. The highest BCUT2D eigenvalue weighted by molar-refractivity contribution is 5.97. The molecule has 0 aliphatic rings. The largest absolute Gasteiger partial charge is 0.391 e. The van der Waals surface area contributed by atoms with Gasteiger partial charge in [0.05, 0.1) is 12.6 Å². The van der Waals surface area contributed by atoms with E-state index in [1.165, 1.54) is 12.4 Å². The van der Waals surface area contributed by atoms with Crippen molar-refractivity contribution in [3.63, 3.8) is 0 Å². The second-order valence-corrected chi connectivity index (χ2v) is 4.58. The quantitative estimate of drug-likeness (QED) is 0.295. The summed E-state index contributed by atoms with van der Waals surface area (Å²) in [4.78, 5) is 23.4. The number of hydrogen-bond donors (Lipinski definition) is 5. The summed E-state index contributed by atoms with van der Waals surface area (Å²) < 4.78 is 0. The van der Waals surface area contributed by atoms with Gasteiger partial charge in [-0.2, -0.15) is 0 Å². The summed E-state index contributed by atoms with van der Waals surface area (Å²) in [6.45, 7) is 1.90. The first-order valence-electron chi connectivity index (χ1n) is 6.66. The van der Waals surface area contributed by atoms with E-state index in [-0.39, 0.29) is 7.43 Å². The monoisotopic (exact) mass is 321 g/mol. The van der Waals surface area contributed by atoms with E-state index in [9.17, 15) is 14.7 Å². The number of amides is 2. The molecule has 1 aromatic rings. The number of benzene rings is 1. The first kappa shape index (κ1) is 20.6. The SMILES string of the molecule is C.CNCC#Cc1ccc(C(=O)N[C@H](C(=O)NO)[C@@H](C)O)cc1. The average molecular weight is 321 g/mol. The number of hydroxylamine groups is 1. The molecule has 0 heterocycles. The van der Waals surface area contributed by atoms with Crippen LogP contribution in [0, 0.1) is 11.8 Å². The van der Waals surface area contributed by atoms with Gasteiger partial charge >= 0.3 is 0 Å². The molecule has 0 fully saturated rings. The molecule has 0 spiro atoms. The molecule has 1 aromatic carbocycles. The van der Waals surface area contributed by atoms with E-state index in [2.05, 4.69) is 22.5 Å². The average Bonchev–Trinajstić information content (AvgIpc) is 2.52. The zero-order chi connectivity index (χ0) is 16.5. The van der Waals surface area contributed by atoms with Crippen molar-refractivity contribution in [2.75, 3.05) is 13.6 Å². The lowest BCUT2D eigenvalue weighted by atomic mass is 10.1. The highest BCUT2D eigenvalue weighted by Gasteiger charge is 2.25. The number of rotatable bonds is 5. The van der Waals surface area contributed by atoms with Crippen LogP contribution in [0.3, 0.4) is 0 Å². The van der Waals surface area contributed by atoms with Gasteiger partial charge in [-0.25, -0.2) is 5.48 Å². The molecule has 0 aliphatic heterocycles. The van der Waals surface area contributed by atoms with E-state index in [1.54, 1.807) is 31.3 Å². The molecule has 23 heavy (non-hydrogen) atoms. The Bertz CT molecular complexity index is 573. The van der Waals surface area contributed by atoms with Crippen LogP contribution in [0.15, 0.2) is 24.3 Å². The zero-order valence-electron chi connectivity index (χ0n) is 12.4. The van der Waals surface area contributed by atoms with Gasteiger partial charge in [0.2, 0.25) is 0 Å². The molecule has 7 nitrogen and oxygen atoms in total. The predicted molar refractivity (Wildman–Crippen MR) is 86.8 cm³/mol. The molecule has 1 rings (SSSR count). The van der Waals surface area contributed by atoms with Gasteiger partial charge in [-0.15, -0.1) is 0 Å². The lowest BCUT2D eigenvalue weighted by molar-refractivity contribution is -0.133. The van der Waals surface area contributed by atoms with Crippen LogP contribution in [0.5, 0.6) is 0 Å². The summed E-state index contributed by atoms with van der Waals surface area (Å²) >= 11 is 0. The molecule has 0 unspecified atom stereocenters. The van der Waals surface area contributed by atoms with Crippen molar-refractivity contribution in [3.05, 3.63) is 35.4 Å². The summed E-state index contributed by atoms with van der Waals surface area (Å²) in [6.07, 6.45) is -1.15. The summed E-state index contributed by atoms with van der Waals surface area (Å²) in [5.41, 5.74) is 2.47. The van der Waals surface area contributed by atoms with Gasteiger partial charge in [-0.1, -0.05) is 19.3 Å². The van der Waals surface area contributed by atoms with Crippen molar-refractivity contribution in [2.45, 2.75) is 26.5 Å². The summed E-state index contributed by atoms with van der Waals surface area (Å²) in [5.74, 6) is 4.38. The van der Waals surface area contributed by atoms with Gasteiger partial charge in [-0.3, -0.25) is 14.8 Å². The maximum Gasteiger partial charge on any atom is 0.268 e. The standard InChI is InChI=1S/C15H19N3O4.CH4/c1-10(19)13(15(21)18-22)17-14(20)12-7-5-11(6-8-12)4-3-9-16-2;/h5-8,10,13,16,19,22H,9H2,1-2H3,(H,17,20)(H,18,21);1H4/t10-,13+;/m1./s1. The number of carbonyl (C=O) groups excluding carboxylic acids is 2. The van der Waals surface area contributed by atoms with Gasteiger partial charge in [0.15, 0.2) is 0 Å². The Morgan fingerprint density at radius 1 is 1.26 bits per heavy atom. The van der Waals surface area contributed by atoms with Crippen molar-refractivity contribution in [1.82, 2.24) is 16.1 Å². The Balaban J connectivity index is 0.00000484. The van der Waals surface area contributed by atoms with Crippen molar-refractivity contribution >= 4 is 11.8 Å². The van der Waals surface area contributed by atoms with E-state index in [1.807, 2.05) is 0 Å². The molecule has 2 amide bonds. The minimum atomic E-state index is -1.24. The molecule has 7 heteroatoms. The Labute approximate surface area is 136 Å². The zero-order valence-corrected chi connectivity index (χ0v) is 12.4. The molecule has 0 aliphatic carbocycles. The number of carbonyl (C=O) groups is 2. The number of aliphatic hydroxyl groups excluding tert-OH is 1. The van der Waals surface area contributed by atoms with Gasteiger partial charge in [0.1, 0.15) is 6.04 Å². The van der Waals surface area contributed by atoms with E-state index in [0.29, 0.717) is 12.1 Å². The molecule has 126 valence electrons. The maximum absolute atomic E-state index is 12.0. The third-order valence-corrected chi connectivity index (χ3v) is 2.81. The summed E-state index contributed by atoms with van der Waals surface area (Å²) in [7, 11) is 1.79. The van der Waals surface area contributed by atoms with Crippen molar-refractivity contribution in [3.8, 4) is 11.8 Å². The van der Waals surface area contributed by atoms with Crippen LogP contribution in [0.25, 0.3) is 0 Å². The number of hydrogen-bond acceptors (Lipinski definition) is 5. The number of aliphatic hydroxyl groups is 1. The van der Waals surface area contributed by atoms with Crippen LogP contribution in [0.1, 0.15) is 30.3 Å². The topological polar surface area (TPSA) is 111 Å². The molecule has 0 bridgehead atoms. The summed E-state index contributed by atoms with van der Waals surface area (Å²) in [5, 5.41) is 23.3. The molecule has 0 saturated heterocycles. The van der Waals surface area contributed by atoms with Gasteiger partial charge in [0.25, 0.3) is 11.8 Å². The van der Waals surface area contributed by atoms with E-state index in [4.69, 9.17) is 5.21 Å².